The van der Waals surface area contributed by atoms with Crippen LogP contribution in [0.15, 0.2) is 65.5 Å². The molecule has 30 heavy (non-hydrogen) atoms. The first-order chi connectivity index (χ1) is 14.4. The van der Waals surface area contributed by atoms with E-state index in [4.69, 9.17) is 4.74 Å². The topological polar surface area (TPSA) is 90.3 Å². The van der Waals surface area contributed by atoms with E-state index in [1.54, 1.807) is 61.5 Å². The number of nitrogens with zero attached hydrogens (tertiary/aromatic N) is 2. The molecule has 1 heterocycles. The van der Waals surface area contributed by atoms with Crippen LogP contribution < -0.4 is 10.9 Å². The highest BCUT2D eigenvalue weighted by atomic mass is 16.5. The van der Waals surface area contributed by atoms with Crippen LogP contribution in [0, 0.1) is 18.8 Å². The number of amides is 1. The first kappa shape index (κ1) is 20.6. The standard InChI is InChI=1S/C23H19N3O4/c1-16-9-12-22(28)26(25-16)15-21(27)24-20-8-4-6-18(14-20)11-10-17-5-3-7-19(13-17)23(29)30-2/h3-9,12-14H,15H2,1-2H3,(H,24,27). The highest BCUT2D eigenvalue weighted by Crippen LogP contribution is 2.11. The summed E-state index contributed by atoms with van der Waals surface area (Å²) in [5.74, 6) is 5.20. The fraction of sp³-hybridized carbons (Fsp3) is 0.130. The van der Waals surface area contributed by atoms with Gasteiger partial charge in [0.2, 0.25) is 5.91 Å². The molecule has 0 aliphatic rings. The Kier molecular flexibility index (Phi) is 6.40. The van der Waals surface area contributed by atoms with Crippen LogP contribution in [0.25, 0.3) is 0 Å². The Bertz CT molecular complexity index is 1220. The van der Waals surface area contributed by atoms with Gasteiger partial charge in [0.05, 0.1) is 18.4 Å². The minimum atomic E-state index is -0.425. The molecule has 0 spiro atoms. The molecule has 3 rings (SSSR count). The Morgan fingerprint density at radius 3 is 2.47 bits per heavy atom. The molecule has 0 radical (unpaired) electrons. The number of ether oxygens (including phenoxy) is 1. The molecule has 0 bridgehead atoms. The second kappa shape index (κ2) is 9.34. The Morgan fingerprint density at radius 2 is 1.73 bits per heavy atom. The van der Waals surface area contributed by atoms with Gasteiger partial charge in [0.25, 0.3) is 5.56 Å². The number of anilines is 1. The third-order valence-electron chi connectivity index (χ3n) is 4.07. The maximum atomic E-state index is 12.3. The summed E-state index contributed by atoms with van der Waals surface area (Å²) in [7, 11) is 1.33. The Balaban J connectivity index is 1.72. The van der Waals surface area contributed by atoms with Gasteiger partial charge in [-0.2, -0.15) is 5.10 Å². The lowest BCUT2D eigenvalue weighted by Gasteiger charge is -2.07. The van der Waals surface area contributed by atoms with Crippen molar-refractivity contribution in [3.63, 3.8) is 0 Å². The normalized spacial score (nSPS) is 9.93. The number of nitrogens with one attached hydrogen (secondary N) is 1. The van der Waals surface area contributed by atoms with Gasteiger partial charge in [0.15, 0.2) is 0 Å². The Hall–Kier alpha value is -4.18. The van der Waals surface area contributed by atoms with Gasteiger partial charge in [-0.25, -0.2) is 9.48 Å². The van der Waals surface area contributed by atoms with Crippen molar-refractivity contribution in [2.24, 2.45) is 0 Å². The molecule has 7 heteroatoms. The van der Waals surface area contributed by atoms with E-state index in [2.05, 4.69) is 22.3 Å². The van der Waals surface area contributed by atoms with Crippen molar-refractivity contribution in [2.45, 2.75) is 13.5 Å². The lowest BCUT2D eigenvalue weighted by atomic mass is 10.1. The highest BCUT2D eigenvalue weighted by molar-refractivity contribution is 5.91. The largest absolute Gasteiger partial charge is 0.465 e. The first-order valence-electron chi connectivity index (χ1n) is 9.10. The zero-order valence-corrected chi connectivity index (χ0v) is 16.5. The van der Waals surface area contributed by atoms with Crippen LogP contribution in [0.3, 0.4) is 0 Å². The molecule has 0 aliphatic carbocycles. The summed E-state index contributed by atoms with van der Waals surface area (Å²) in [6.07, 6.45) is 0. The van der Waals surface area contributed by atoms with E-state index in [1.165, 1.54) is 13.2 Å². The summed E-state index contributed by atoms with van der Waals surface area (Å²) in [6.45, 7) is 1.56. The van der Waals surface area contributed by atoms with E-state index in [1.807, 2.05) is 0 Å². The van der Waals surface area contributed by atoms with Gasteiger partial charge in [-0.1, -0.05) is 24.0 Å². The molecule has 0 aliphatic heterocycles. The zero-order valence-electron chi connectivity index (χ0n) is 16.5. The summed E-state index contributed by atoms with van der Waals surface area (Å²) in [4.78, 5) is 35.7. The number of methoxy groups -OCH3 is 1. The Morgan fingerprint density at radius 1 is 1.03 bits per heavy atom. The minimum Gasteiger partial charge on any atom is -0.465 e. The van der Waals surface area contributed by atoms with Crippen molar-refractivity contribution >= 4 is 17.6 Å². The molecular weight excluding hydrogens is 382 g/mol. The second-order valence-corrected chi connectivity index (χ2v) is 6.42. The average Bonchev–Trinajstić information content (AvgIpc) is 2.74. The quantitative estimate of drug-likeness (QED) is 0.536. The van der Waals surface area contributed by atoms with Gasteiger partial charge in [-0.3, -0.25) is 9.59 Å². The van der Waals surface area contributed by atoms with Gasteiger partial charge in [-0.05, 0) is 49.4 Å². The minimum absolute atomic E-state index is 0.184. The van der Waals surface area contributed by atoms with Crippen LogP contribution in [-0.4, -0.2) is 28.8 Å². The summed E-state index contributed by atoms with van der Waals surface area (Å²) in [5, 5.41) is 6.79. The van der Waals surface area contributed by atoms with Gasteiger partial charge in [0.1, 0.15) is 6.54 Å². The van der Waals surface area contributed by atoms with Gasteiger partial charge < -0.3 is 10.1 Å². The van der Waals surface area contributed by atoms with E-state index in [-0.39, 0.29) is 18.0 Å². The van der Waals surface area contributed by atoms with E-state index >= 15 is 0 Å². The lowest BCUT2D eigenvalue weighted by molar-refractivity contribution is -0.117. The lowest BCUT2D eigenvalue weighted by Crippen LogP contribution is -2.29. The number of rotatable bonds is 4. The average molecular weight is 401 g/mol. The third kappa shape index (κ3) is 5.42. The van der Waals surface area contributed by atoms with E-state index < -0.39 is 5.97 Å². The fourth-order valence-electron chi connectivity index (χ4n) is 2.66. The van der Waals surface area contributed by atoms with Crippen LogP contribution in [0.1, 0.15) is 27.2 Å². The van der Waals surface area contributed by atoms with Crippen LogP contribution >= 0.6 is 0 Å². The number of benzene rings is 2. The number of esters is 1. The van der Waals surface area contributed by atoms with Crippen molar-refractivity contribution in [3.8, 4) is 11.8 Å². The molecule has 1 amide bonds. The molecule has 7 nitrogen and oxygen atoms in total. The molecule has 3 aromatic rings. The number of carbonyl (C=O) groups is 2. The molecule has 0 saturated heterocycles. The second-order valence-electron chi connectivity index (χ2n) is 6.42. The SMILES string of the molecule is COC(=O)c1cccc(C#Cc2cccc(NC(=O)Cn3nc(C)ccc3=O)c2)c1. The predicted octanol–water partition coefficient (Wildman–Crippen LogP) is 2.38. The number of carbonyl (C=O) groups excluding carboxylic acids is 2. The van der Waals surface area contributed by atoms with E-state index in [0.29, 0.717) is 28.1 Å². The first-order valence-corrected chi connectivity index (χ1v) is 9.10. The van der Waals surface area contributed by atoms with Crippen molar-refractivity contribution < 1.29 is 14.3 Å². The highest BCUT2D eigenvalue weighted by Gasteiger charge is 2.07. The summed E-state index contributed by atoms with van der Waals surface area (Å²) < 4.78 is 5.82. The van der Waals surface area contributed by atoms with Crippen LogP contribution in [0.5, 0.6) is 0 Å². The van der Waals surface area contributed by atoms with Gasteiger partial charge >= 0.3 is 5.97 Å². The summed E-state index contributed by atoms with van der Waals surface area (Å²) in [6, 6.07) is 16.8. The molecule has 0 atom stereocenters. The molecule has 1 N–H and O–H groups in total. The van der Waals surface area contributed by atoms with Crippen molar-refractivity contribution in [1.29, 1.82) is 0 Å². The van der Waals surface area contributed by atoms with Crippen LogP contribution in [0.2, 0.25) is 0 Å². The number of hydrogen-bond donors (Lipinski definition) is 1. The molecule has 0 fully saturated rings. The van der Waals surface area contributed by atoms with Crippen molar-refractivity contribution in [2.75, 3.05) is 12.4 Å². The summed E-state index contributed by atoms with van der Waals surface area (Å²) >= 11 is 0. The van der Waals surface area contributed by atoms with Crippen molar-refractivity contribution in [1.82, 2.24) is 9.78 Å². The maximum absolute atomic E-state index is 12.3. The number of hydrogen-bond acceptors (Lipinski definition) is 5. The van der Waals surface area contributed by atoms with Gasteiger partial charge in [-0.15, -0.1) is 0 Å². The fourth-order valence-corrected chi connectivity index (χ4v) is 2.66. The van der Waals surface area contributed by atoms with Crippen LogP contribution in [0.4, 0.5) is 5.69 Å². The number of aromatic nitrogens is 2. The predicted molar refractivity (Wildman–Crippen MR) is 112 cm³/mol. The van der Waals surface area contributed by atoms with Gasteiger partial charge in [0, 0.05) is 22.9 Å². The molecule has 1 aromatic heterocycles. The molecular formula is C23H19N3O4. The summed E-state index contributed by atoms with van der Waals surface area (Å²) in [5.41, 5.74) is 2.63. The molecule has 0 unspecified atom stereocenters. The zero-order chi connectivity index (χ0) is 21.5. The van der Waals surface area contributed by atoms with E-state index in [0.717, 1.165) is 4.68 Å². The number of aryl methyl sites for hydroxylation is 1. The third-order valence-corrected chi connectivity index (χ3v) is 4.07. The molecule has 0 saturated carbocycles. The smallest absolute Gasteiger partial charge is 0.337 e. The maximum Gasteiger partial charge on any atom is 0.337 e. The van der Waals surface area contributed by atoms with Crippen LogP contribution in [-0.2, 0) is 16.1 Å². The van der Waals surface area contributed by atoms with E-state index in [9.17, 15) is 14.4 Å². The molecule has 150 valence electrons. The molecule has 2 aromatic carbocycles. The monoisotopic (exact) mass is 401 g/mol. The Labute approximate surface area is 173 Å². The van der Waals surface area contributed by atoms with Crippen molar-refractivity contribution in [3.05, 3.63) is 93.4 Å².